The smallest absolute Gasteiger partial charge is 0.319 e. The van der Waals surface area contributed by atoms with Crippen LogP contribution in [0.5, 0.6) is 0 Å². The van der Waals surface area contributed by atoms with Crippen molar-refractivity contribution < 1.29 is 17.9 Å². The Balaban J connectivity index is 1.81. The predicted octanol–water partition coefficient (Wildman–Crippen LogP) is 1.12. The van der Waals surface area contributed by atoms with Crippen molar-refractivity contribution >= 4 is 33.3 Å². The molecule has 2 amide bonds. The molecule has 0 radical (unpaired) electrons. The maximum Gasteiger partial charge on any atom is 0.319 e. The summed E-state index contributed by atoms with van der Waals surface area (Å²) in [5.41, 5.74) is 0.576. The molecule has 0 aromatic heterocycles. The number of urea groups is 1. The second kappa shape index (κ2) is 7.28. The minimum atomic E-state index is -3.24. The van der Waals surface area contributed by atoms with E-state index in [-0.39, 0.29) is 19.2 Å². The van der Waals surface area contributed by atoms with Crippen LogP contribution >= 0.6 is 11.6 Å². The molecular formula is C13H18ClN3O4S. The lowest BCUT2D eigenvalue weighted by atomic mass is 10.3. The van der Waals surface area contributed by atoms with E-state index in [4.69, 9.17) is 16.3 Å². The number of anilines is 1. The van der Waals surface area contributed by atoms with Crippen LogP contribution in [0.15, 0.2) is 24.3 Å². The van der Waals surface area contributed by atoms with Crippen molar-refractivity contribution in [3.8, 4) is 0 Å². The molecule has 122 valence electrons. The van der Waals surface area contributed by atoms with Gasteiger partial charge < -0.3 is 15.4 Å². The molecule has 2 rings (SSSR count). The maximum absolute atomic E-state index is 11.8. The SMILES string of the molecule is CS(=O)(=O)N1CCO[C@@H](CNC(=O)Nc2cccc(Cl)c2)C1. The Hall–Kier alpha value is -1.35. The lowest BCUT2D eigenvalue weighted by Gasteiger charge is -2.31. The maximum atomic E-state index is 11.8. The standard InChI is InChI=1S/C13H18ClN3O4S/c1-22(19,20)17-5-6-21-12(9-17)8-15-13(18)16-11-4-2-3-10(14)7-11/h2-4,7,12H,5-6,8-9H2,1H3,(H2,15,16,18)/t12-/m0/s1. The average Bonchev–Trinajstić information content (AvgIpc) is 2.45. The first-order valence-electron chi connectivity index (χ1n) is 6.72. The number of halogens is 1. The van der Waals surface area contributed by atoms with Gasteiger partial charge in [0, 0.05) is 30.3 Å². The summed E-state index contributed by atoms with van der Waals surface area (Å²) in [5, 5.41) is 5.82. The van der Waals surface area contributed by atoms with Crippen LogP contribution < -0.4 is 10.6 Å². The van der Waals surface area contributed by atoms with Gasteiger partial charge in [0.2, 0.25) is 10.0 Å². The van der Waals surface area contributed by atoms with E-state index in [0.717, 1.165) is 6.26 Å². The number of nitrogens with zero attached hydrogens (tertiary/aromatic N) is 1. The molecule has 0 saturated carbocycles. The minimum absolute atomic E-state index is 0.221. The predicted molar refractivity (Wildman–Crippen MR) is 84.6 cm³/mol. The summed E-state index contributed by atoms with van der Waals surface area (Å²) in [6.07, 6.45) is 0.794. The molecular weight excluding hydrogens is 330 g/mol. The van der Waals surface area contributed by atoms with E-state index in [0.29, 0.717) is 23.9 Å². The van der Waals surface area contributed by atoms with E-state index < -0.39 is 16.1 Å². The second-order valence-corrected chi connectivity index (χ2v) is 7.38. The van der Waals surface area contributed by atoms with E-state index in [2.05, 4.69) is 10.6 Å². The van der Waals surface area contributed by atoms with E-state index in [1.807, 2.05) is 0 Å². The number of ether oxygens (including phenoxy) is 1. The number of hydrogen-bond acceptors (Lipinski definition) is 4. The highest BCUT2D eigenvalue weighted by molar-refractivity contribution is 7.88. The van der Waals surface area contributed by atoms with Crippen LogP contribution in [0, 0.1) is 0 Å². The Morgan fingerprint density at radius 3 is 2.95 bits per heavy atom. The highest BCUT2D eigenvalue weighted by Crippen LogP contribution is 2.14. The second-order valence-electron chi connectivity index (χ2n) is 4.96. The summed E-state index contributed by atoms with van der Waals surface area (Å²) in [4.78, 5) is 11.8. The van der Waals surface area contributed by atoms with Crippen molar-refractivity contribution in [2.75, 3.05) is 37.8 Å². The fourth-order valence-electron chi connectivity index (χ4n) is 2.07. The Morgan fingerprint density at radius 1 is 1.50 bits per heavy atom. The Morgan fingerprint density at radius 2 is 2.27 bits per heavy atom. The van der Waals surface area contributed by atoms with Crippen molar-refractivity contribution in [3.63, 3.8) is 0 Å². The van der Waals surface area contributed by atoms with Crippen LogP contribution in [0.2, 0.25) is 5.02 Å². The third-order valence-corrected chi connectivity index (χ3v) is 4.65. The number of carbonyl (C=O) groups is 1. The van der Waals surface area contributed by atoms with Gasteiger partial charge in [-0.25, -0.2) is 13.2 Å². The number of sulfonamides is 1. The number of morpholine rings is 1. The van der Waals surface area contributed by atoms with Crippen LogP contribution in [-0.4, -0.2) is 57.4 Å². The molecule has 9 heteroatoms. The highest BCUT2D eigenvalue weighted by Gasteiger charge is 2.26. The van der Waals surface area contributed by atoms with E-state index in [9.17, 15) is 13.2 Å². The first-order chi connectivity index (χ1) is 10.3. The van der Waals surface area contributed by atoms with Gasteiger partial charge in [-0.2, -0.15) is 4.31 Å². The molecule has 0 aliphatic carbocycles. The zero-order chi connectivity index (χ0) is 16.2. The van der Waals surface area contributed by atoms with Gasteiger partial charge in [0.05, 0.1) is 19.0 Å². The normalized spacial score (nSPS) is 19.6. The summed E-state index contributed by atoms with van der Waals surface area (Å²) < 4.78 is 29.8. The summed E-state index contributed by atoms with van der Waals surface area (Å²) in [5.74, 6) is 0. The van der Waals surface area contributed by atoms with Crippen molar-refractivity contribution in [1.29, 1.82) is 0 Å². The molecule has 1 atom stereocenters. The van der Waals surface area contributed by atoms with Crippen LogP contribution in [0.4, 0.5) is 10.5 Å². The molecule has 1 aliphatic heterocycles. The number of amides is 2. The van der Waals surface area contributed by atoms with Crippen LogP contribution in [0.3, 0.4) is 0 Å². The zero-order valence-corrected chi connectivity index (χ0v) is 13.7. The number of nitrogens with one attached hydrogen (secondary N) is 2. The molecule has 0 bridgehead atoms. The van der Waals surface area contributed by atoms with Crippen molar-refractivity contribution in [3.05, 3.63) is 29.3 Å². The van der Waals surface area contributed by atoms with Crippen LogP contribution in [0.1, 0.15) is 0 Å². The Bertz CT molecular complexity index is 638. The molecule has 1 aromatic rings. The first-order valence-corrected chi connectivity index (χ1v) is 8.94. The lowest BCUT2D eigenvalue weighted by molar-refractivity contribution is 0.00167. The molecule has 22 heavy (non-hydrogen) atoms. The molecule has 0 spiro atoms. The average molecular weight is 348 g/mol. The summed E-state index contributed by atoms with van der Waals surface area (Å²) in [6, 6.07) is 6.38. The monoisotopic (exact) mass is 347 g/mol. The lowest BCUT2D eigenvalue weighted by Crippen LogP contribution is -2.49. The van der Waals surface area contributed by atoms with Gasteiger partial charge in [0.25, 0.3) is 0 Å². The number of carbonyl (C=O) groups excluding carboxylic acids is 1. The largest absolute Gasteiger partial charge is 0.374 e. The van der Waals surface area contributed by atoms with Gasteiger partial charge in [-0.3, -0.25) is 0 Å². The molecule has 1 heterocycles. The zero-order valence-electron chi connectivity index (χ0n) is 12.1. The molecule has 0 unspecified atom stereocenters. The summed E-state index contributed by atoms with van der Waals surface area (Å²) >= 11 is 5.83. The summed E-state index contributed by atoms with van der Waals surface area (Å²) in [6.45, 7) is 1.11. The van der Waals surface area contributed by atoms with Gasteiger partial charge in [-0.15, -0.1) is 0 Å². The van der Waals surface area contributed by atoms with Crippen LogP contribution in [-0.2, 0) is 14.8 Å². The minimum Gasteiger partial charge on any atom is -0.374 e. The number of benzene rings is 1. The first kappa shape index (κ1) is 17.0. The molecule has 1 aromatic carbocycles. The Kier molecular flexibility index (Phi) is 5.63. The number of rotatable bonds is 4. The van der Waals surface area contributed by atoms with Gasteiger partial charge in [0.15, 0.2) is 0 Å². The topological polar surface area (TPSA) is 87.7 Å². The van der Waals surface area contributed by atoms with Crippen molar-refractivity contribution in [1.82, 2.24) is 9.62 Å². The van der Waals surface area contributed by atoms with Crippen molar-refractivity contribution in [2.45, 2.75) is 6.10 Å². The van der Waals surface area contributed by atoms with E-state index in [1.165, 1.54) is 4.31 Å². The van der Waals surface area contributed by atoms with Gasteiger partial charge in [-0.05, 0) is 18.2 Å². The molecule has 2 N–H and O–H groups in total. The molecule has 1 fully saturated rings. The highest BCUT2D eigenvalue weighted by atomic mass is 35.5. The molecule has 1 saturated heterocycles. The fraction of sp³-hybridized carbons (Fsp3) is 0.462. The summed E-state index contributed by atoms with van der Waals surface area (Å²) in [7, 11) is -3.24. The fourth-order valence-corrected chi connectivity index (χ4v) is 3.10. The molecule has 1 aliphatic rings. The van der Waals surface area contributed by atoms with E-state index in [1.54, 1.807) is 24.3 Å². The Labute approximate surface area is 134 Å². The van der Waals surface area contributed by atoms with Gasteiger partial charge in [0.1, 0.15) is 0 Å². The third kappa shape index (κ3) is 5.13. The number of hydrogen-bond donors (Lipinski definition) is 2. The van der Waals surface area contributed by atoms with Crippen molar-refractivity contribution in [2.24, 2.45) is 0 Å². The van der Waals surface area contributed by atoms with Gasteiger partial charge >= 0.3 is 6.03 Å². The molecule has 7 nitrogen and oxygen atoms in total. The quantitative estimate of drug-likeness (QED) is 0.854. The van der Waals surface area contributed by atoms with E-state index >= 15 is 0 Å². The van der Waals surface area contributed by atoms with Crippen LogP contribution in [0.25, 0.3) is 0 Å². The third-order valence-electron chi connectivity index (χ3n) is 3.14. The van der Waals surface area contributed by atoms with Gasteiger partial charge in [-0.1, -0.05) is 17.7 Å².